The Bertz CT molecular complexity index is 269. The molecule has 3 N–H and O–H groups in total. The molecule has 0 atom stereocenters. The maximum atomic E-state index is 9.08. The summed E-state index contributed by atoms with van der Waals surface area (Å²) in [5.74, 6) is 0.301. The van der Waals surface area contributed by atoms with Gasteiger partial charge in [-0.05, 0) is 38.1 Å². The van der Waals surface area contributed by atoms with Gasteiger partial charge in [0.25, 0.3) is 0 Å². The third-order valence-corrected chi connectivity index (χ3v) is 2.95. The molecule has 0 amide bonds. The first-order valence-corrected chi connectivity index (χ1v) is 5.03. The zero-order valence-corrected chi connectivity index (χ0v) is 8.77. The summed E-state index contributed by atoms with van der Waals surface area (Å²) >= 11 is 1.72. The fourth-order valence-corrected chi connectivity index (χ4v) is 1.87. The Kier molecular flexibility index (Phi) is 3.22. The molecule has 1 rings (SSSR count). The fraction of sp³-hybridized carbons (Fsp3) is 0.400. The van der Waals surface area contributed by atoms with Crippen LogP contribution in [0.5, 0.6) is 5.75 Å². The minimum absolute atomic E-state index is 0.0526. The van der Waals surface area contributed by atoms with Crippen LogP contribution in [0.1, 0.15) is 13.8 Å². The summed E-state index contributed by atoms with van der Waals surface area (Å²) in [6.45, 7) is 4.84. The van der Waals surface area contributed by atoms with Crippen LogP contribution in [0.4, 0.5) is 0 Å². The lowest BCUT2D eigenvalue weighted by atomic mass is 10.2. The van der Waals surface area contributed by atoms with Crippen LogP contribution in [0.25, 0.3) is 0 Å². The van der Waals surface area contributed by atoms with Crippen LogP contribution in [0.2, 0.25) is 0 Å². The van der Waals surface area contributed by atoms with E-state index in [-0.39, 0.29) is 4.75 Å². The van der Waals surface area contributed by atoms with Crippen LogP contribution < -0.4 is 5.73 Å². The van der Waals surface area contributed by atoms with Gasteiger partial charge in [0, 0.05) is 16.2 Å². The average Bonchev–Trinajstić information content (AvgIpc) is 2.09. The van der Waals surface area contributed by atoms with Gasteiger partial charge in [-0.3, -0.25) is 0 Å². The molecule has 0 aliphatic carbocycles. The van der Waals surface area contributed by atoms with Crippen LogP contribution in [-0.4, -0.2) is 16.4 Å². The molecule has 0 spiro atoms. The standard InChI is InChI=1S/C10H15NOS/c1-10(2,7-11)13-9-5-3-8(12)4-6-9/h3-6,12H,7,11H2,1-2H3. The molecule has 3 heteroatoms. The van der Waals surface area contributed by atoms with Crippen molar-refractivity contribution in [2.24, 2.45) is 5.73 Å². The molecular weight excluding hydrogens is 182 g/mol. The van der Waals surface area contributed by atoms with Gasteiger partial charge in [-0.15, -0.1) is 11.8 Å². The second-order valence-electron chi connectivity index (χ2n) is 3.56. The van der Waals surface area contributed by atoms with E-state index in [1.54, 1.807) is 23.9 Å². The van der Waals surface area contributed by atoms with Crippen molar-refractivity contribution in [1.82, 2.24) is 0 Å². The van der Waals surface area contributed by atoms with Crippen molar-refractivity contribution < 1.29 is 5.11 Å². The monoisotopic (exact) mass is 197 g/mol. The third kappa shape index (κ3) is 3.28. The first-order chi connectivity index (χ1) is 6.03. The summed E-state index contributed by atoms with van der Waals surface area (Å²) in [5.41, 5.74) is 5.61. The quantitative estimate of drug-likeness (QED) is 0.730. The molecule has 0 heterocycles. The highest BCUT2D eigenvalue weighted by molar-refractivity contribution is 8.00. The molecular formula is C10H15NOS. The Balaban J connectivity index is 2.69. The van der Waals surface area contributed by atoms with Crippen molar-refractivity contribution in [2.45, 2.75) is 23.5 Å². The molecule has 0 saturated carbocycles. The second-order valence-corrected chi connectivity index (χ2v) is 5.34. The van der Waals surface area contributed by atoms with E-state index in [2.05, 4.69) is 13.8 Å². The van der Waals surface area contributed by atoms with Gasteiger partial charge in [0.2, 0.25) is 0 Å². The van der Waals surface area contributed by atoms with Crippen LogP contribution in [0, 0.1) is 0 Å². The van der Waals surface area contributed by atoms with Gasteiger partial charge in [0.1, 0.15) is 5.75 Å². The van der Waals surface area contributed by atoms with Gasteiger partial charge in [0.05, 0.1) is 0 Å². The number of hydrogen-bond donors (Lipinski definition) is 2. The number of phenols is 1. The molecule has 0 fully saturated rings. The van der Waals surface area contributed by atoms with E-state index in [0.717, 1.165) is 4.90 Å². The molecule has 0 aromatic heterocycles. The summed E-state index contributed by atoms with van der Waals surface area (Å²) in [4.78, 5) is 1.13. The highest BCUT2D eigenvalue weighted by Gasteiger charge is 2.16. The molecule has 1 aromatic carbocycles. The van der Waals surface area contributed by atoms with E-state index in [0.29, 0.717) is 12.3 Å². The molecule has 72 valence electrons. The van der Waals surface area contributed by atoms with Crippen molar-refractivity contribution in [3.8, 4) is 5.75 Å². The van der Waals surface area contributed by atoms with Crippen molar-refractivity contribution in [1.29, 1.82) is 0 Å². The van der Waals surface area contributed by atoms with Gasteiger partial charge in [-0.2, -0.15) is 0 Å². The van der Waals surface area contributed by atoms with E-state index in [4.69, 9.17) is 10.8 Å². The number of thioether (sulfide) groups is 1. The van der Waals surface area contributed by atoms with Gasteiger partial charge in [-0.1, -0.05) is 0 Å². The SMILES string of the molecule is CC(C)(CN)Sc1ccc(O)cc1. The molecule has 2 nitrogen and oxygen atoms in total. The second kappa shape index (κ2) is 4.03. The number of hydrogen-bond acceptors (Lipinski definition) is 3. The maximum absolute atomic E-state index is 9.08. The van der Waals surface area contributed by atoms with Crippen molar-refractivity contribution in [3.63, 3.8) is 0 Å². The van der Waals surface area contributed by atoms with E-state index in [9.17, 15) is 0 Å². The highest BCUT2D eigenvalue weighted by atomic mass is 32.2. The number of phenolic OH excluding ortho intramolecular Hbond substituents is 1. The van der Waals surface area contributed by atoms with Crippen molar-refractivity contribution >= 4 is 11.8 Å². The van der Waals surface area contributed by atoms with Crippen LogP contribution in [0.15, 0.2) is 29.2 Å². The smallest absolute Gasteiger partial charge is 0.115 e. The third-order valence-electron chi connectivity index (χ3n) is 1.72. The zero-order chi connectivity index (χ0) is 9.90. The summed E-state index contributed by atoms with van der Waals surface area (Å²) in [5, 5.41) is 9.08. The molecule has 0 aliphatic heterocycles. The zero-order valence-electron chi connectivity index (χ0n) is 7.95. The van der Waals surface area contributed by atoms with Crippen molar-refractivity contribution in [3.05, 3.63) is 24.3 Å². The molecule has 13 heavy (non-hydrogen) atoms. The Morgan fingerprint density at radius 1 is 1.31 bits per heavy atom. The first-order valence-electron chi connectivity index (χ1n) is 4.22. The first kappa shape index (κ1) is 10.4. The molecule has 0 radical (unpaired) electrons. The van der Waals surface area contributed by atoms with Gasteiger partial charge in [-0.25, -0.2) is 0 Å². The van der Waals surface area contributed by atoms with Gasteiger partial charge in [0.15, 0.2) is 0 Å². The lowest BCUT2D eigenvalue weighted by molar-refractivity contribution is 0.475. The Morgan fingerprint density at radius 2 is 1.85 bits per heavy atom. The lowest BCUT2D eigenvalue weighted by Crippen LogP contribution is -2.26. The summed E-state index contributed by atoms with van der Waals surface area (Å²) in [6, 6.07) is 7.18. The molecule has 1 aromatic rings. The number of nitrogens with two attached hydrogens (primary N) is 1. The summed E-state index contributed by atoms with van der Waals surface area (Å²) < 4.78 is 0.0526. The Hall–Kier alpha value is -0.670. The van der Waals surface area contributed by atoms with E-state index in [1.807, 2.05) is 12.1 Å². The molecule has 0 aliphatic rings. The minimum Gasteiger partial charge on any atom is -0.508 e. The predicted molar refractivity (Wildman–Crippen MR) is 57.1 cm³/mol. The molecule has 0 bridgehead atoms. The Morgan fingerprint density at radius 3 is 2.31 bits per heavy atom. The summed E-state index contributed by atoms with van der Waals surface area (Å²) in [7, 11) is 0. The van der Waals surface area contributed by atoms with E-state index in [1.165, 1.54) is 0 Å². The van der Waals surface area contributed by atoms with Gasteiger partial charge < -0.3 is 10.8 Å². The van der Waals surface area contributed by atoms with E-state index < -0.39 is 0 Å². The minimum atomic E-state index is 0.0526. The predicted octanol–water partition coefficient (Wildman–Crippen LogP) is 2.22. The van der Waals surface area contributed by atoms with E-state index >= 15 is 0 Å². The van der Waals surface area contributed by atoms with Crippen LogP contribution in [-0.2, 0) is 0 Å². The van der Waals surface area contributed by atoms with Gasteiger partial charge >= 0.3 is 0 Å². The normalized spacial score (nSPS) is 11.6. The Labute approximate surface area is 83.1 Å². The number of rotatable bonds is 3. The number of aromatic hydroxyl groups is 1. The molecule has 0 saturated heterocycles. The van der Waals surface area contributed by atoms with Crippen molar-refractivity contribution in [2.75, 3.05) is 6.54 Å². The largest absolute Gasteiger partial charge is 0.508 e. The maximum Gasteiger partial charge on any atom is 0.115 e. The number of benzene rings is 1. The molecule has 0 unspecified atom stereocenters. The average molecular weight is 197 g/mol. The summed E-state index contributed by atoms with van der Waals surface area (Å²) in [6.07, 6.45) is 0. The van der Waals surface area contributed by atoms with Crippen LogP contribution in [0.3, 0.4) is 0 Å². The topological polar surface area (TPSA) is 46.2 Å². The highest BCUT2D eigenvalue weighted by Crippen LogP contribution is 2.32. The fourth-order valence-electron chi connectivity index (χ4n) is 0.875. The lowest BCUT2D eigenvalue weighted by Gasteiger charge is -2.21. The van der Waals surface area contributed by atoms with Crippen LogP contribution >= 0.6 is 11.8 Å².